The van der Waals surface area contributed by atoms with Crippen LogP contribution in [0.2, 0.25) is 0 Å². The normalized spacial score (nSPS) is 12.9. The Hall–Kier alpha value is -0.130. The van der Waals surface area contributed by atoms with Gasteiger partial charge < -0.3 is 0 Å². The summed E-state index contributed by atoms with van der Waals surface area (Å²) in [5.41, 5.74) is 0. The molecule has 0 saturated carbocycles. The molecule has 0 aromatic rings. The highest BCUT2D eigenvalue weighted by Crippen LogP contribution is 1.93. The van der Waals surface area contributed by atoms with E-state index in [9.17, 15) is 8.42 Å². The molecule has 0 aliphatic rings. The van der Waals surface area contributed by atoms with Gasteiger partial charge >= 0.3 is 0 Å². The molecule has 0 amide bonds. The Bertz CT molecular complexity index is 199. The van der Waals surface area contributed by atoms with E-state index in [2.05, 4.69) is 4.72 Å². The molecule has 0 saturated heterocycles. The van der Waals surface area contributed by atoms with E-state index < -0.39 is 10.2 Å². The van der Waals surface area contributed by atoms with Crippen LogP contribution in [-0.2, 0) is 10.2 Å². The molecule has 0 aliphatic carbocycles. The van der Waals surface area contributed by atoms with Crippen LogP contribution in [0.15, 0.2) is 0 Å². The zero-order chi connectivity index (χ0) is 9.07. The Labute approximate surface area is 68.8 Å². The van der Waals surface area contributed by atoms with Gasteiger partial charge in [-0.05, 0) is 13.8 Å². The van der Waals surface area contributed by atoms with Crippen molar-refractivity contribution in [2.24, 2.45) is 0 Å². The van der Waals surface area contributed by atoms with Gasteiger partial charge in [0, 0.05) is 19.6 Å². The summed E-state index contributed by atoms with van der Waals surface area (Å²) in [6.45, 7) is 5.86. The van der Waals surface area contributed by atoms with Crippen LogP contribution >= 0.6 is 0 Å². The van der Waals surface area contributed by atoms with E-state index in [1.165, 1.54) is 4.31 Å². The molecule has 0 spiro atoms. The summed E-state index contributed by atoms with van der Waals surface area (Å²) in [5, 5.41) is 0. The summed E-state index contributed by atoms with van der Waals surface area (Å²) in [7, 11) is -1.68. The van der Waals surface area contributed by atoms with E-state index in [1.807, 2.05) is 0 Å². The molecule has 0 unspecified atom stereocenters. The second-order valence-electron chi connectivity index (χ2n) is 2.69. The molecule has 0 aromatic carbocycles. The third-order valence-corrected chi connectivity index (χ3v) is 3.09. The molecule has 1 N–H and O–H groups in total. The first kappa shape index (κ1) is 10.9. The summed E-state index contributed by atoms with van der Waals surface area (Å²) in [5.74, 6) is 0. The molecule has 0 heterocycles. The molecule has 4 nitrogen and oxygen atoms in total. The molecular formula is C6H16N2O2S. The standard InChI is InChI=1S/C6H16N2O2S/c1-5-8(4)11(9,10)7-6(2)3/h6-7H,5H2,1-4H3. The number of nitrogens with zero attached hydrogens (tertiary/aromatic N) is 1. The van der Waals surface area contributed by atoms with Crippen molar-refractivity contribution in [2.45, 2.75) is 26.8 Å². The Morgan fingerprint density at radius 2 is 1.91 bits per heavy atom. The fraction of sp³-hybridized carbons (Fsp3) is 1.00. The van der Waals surface area contributed by atoms with Gasteiger partial charge in [-0.25, -0.2) is 0 Å². The third kappa shape index (κ3) is 3.69. The zero-order valence-corrected chi connectivity index (χ0v) is 8.27. The Kier molecular flexibility index (Phi) is 3.99. The molecule has 0 aliphatic heterocycles. The third-order valence-electron chi connectivity index (χ3n) is 1.24. The molecule has 0 aromatic heterocycles. The molecule has 5 heteroatoms. The Morgan fingerprint density at radius 1 is 1.45 bits per heavy atom. The van der Waals surface area contributed by atoms with Crippen LogP contribution in [0.3, 0.4) is 0 Å². The van der Waals surface area contributed by atoms with Crippen molar-refractivity contribution in [3.8, 4) is 0 Å². The Morgan fingerprint density at radius 3 is 2.18 bits per heavy atom. The smallest absolute Gasteiger partial charge is 0.200 e. The minimum atomic E-state index is -3.23. The lowest BCUT2D eigenvalue weighted by Gasteiger charge is -2.17. The van der Waals surface area contributed by atoms with E-state index in [4.69, 9.17) is 0 Å². The number of hydrogen-bond acceptors (Lipinski definition) is 2. The van der Waals surface area contributed by atoms with Gasteiger partial charge in [0.2, 0.25) is 0 Å². The average molecular weight is 180 g/mol. The van der Waals surface area contributed by atoms with E-state index in [1.54, 1.807) is 27.8 Å². The molecule has 0 atom stereocenters. The first-order chi connectivity index (χ1) is 4.90. The van der Waals surface area contributed by atoms with Crippen LogP contribution < -0.4 is 4.72 Å². The lowest BCUT2D eigenvalue weighted by molar-refractivity contribution is 0.466. The predicted molar refractivity (Wildman–Crippen MR) is 45.5 cm³/mol. The second kappa shape index (κ2) is 4.04. The van der Waals surface area contributed by atoms with Crippen LogP contribution in [0.4, 0.5) is 0 Å². The molecular weight excluding hydrogens is 164 g/mol. The van der Waals surface area contributed by atoms with Gasteiger partial charge in [0.15, 0.2) is 0 Å². The largest absolute Gasteiger partial charge is 0.279 e. The van der Waals surface area contributed by atoms with Gasteiger partial charge in [-0.3, -0.25) is 0 Å². The predicted octanol–water partition coefficient (Wildman–Crippen LogP) is 0.181. The van der Waals surface area contributed by atoms with Crippen LogP contribution in [-0.4, -0.2) is 32.4 Å². The average Bonchev–Trinajstić information content (AvgIpc) is 1.83. The van der Waals surface area contributed by atoms with Gasteiger partial charge in [-0.15, -0.1) is 0 Å². The topological polar surface area (TPSA) is 49.4 Å². The maximum Gasteiger partial charge on any atom is 0.279 e. The molecule has 0 rings (SSSR count). The van der Waals surface area contributed by atoms with Crippen molar-refractivity contribution in [3.05, 3.63) is 0 Å². The summed E-state index contributed by atoms with van der Waals surface area (Å²) in [4.78, 5) is 0. The van der Waals surface area contributed by atoms with Crippen molar-refractivity contribution in [1.82, 2.24) is 9.03 Å². The van der Waals surface area contributed by atoms with E-state index in [-0.39, 0.29) is 6.04 Å². The van der Waals surface area contributed by atoms with E-state index in [0.29, 0.717) is 6.54 Å². The first-order valence-electron chi connectivity index (χ1n) is 3.63. The molecule has 0 bridgehead atoms. The second-order valence-corrected chi connectivity index (χ2v) is 4.50. The van der Waals surface area contributed by atoms with E-state index >= 15 is 0 Å². The lowest BCUT2D eigenvalue weighted by Crippen LogP contribution is -2.41. The summed E-state index contributed by atoms with van der Waals surface area (Å²) < 4.78 is 26.1. The van der Waals surface area contributed by atoms with E-state index in [0.717, 1.165) is 0 Å². The fourth-order valence-electron chi connectivity index (χ4n) is 0.558. The van der Waals surface area contributed by atoms with Crippen LogP contribution in [0, 0.1) is 0 Å². The minimum absolute atomic E-state index is 0.0472. The lowest BCUT2D eigenvalue weighted by atomic mass is 10.4. The van der Waals surface area contributed by atoms with Crippen LogP contribution in [0.1, 0.15) is 20.8 Å². The highest BCUT2D eigenvalue weighted by atomic mass is 32.2. The molecule has 0 radical (unpaired) electrons. The van der Waals surface area contributed by atoms with Gasteiger partial charge in [0.05, 0.1) is 0 Å². The highest BCUT2D eigenvalue weighted by Gasteiger charge is 2.15. The molecule has 0 fully saturated rings. The van der Waals surface area contributed by atoms with Crippen molar-refractivity contribution in [2.75, 3.05) is 13.6 Å². The van der Waals surface area contributed by atoms with Gasteiger partial charge in [0.25, 0.3) is 10.2 Å². The van der Waals surface area contributed by atoms with Crippen LogP contribution in [0.25, 0.3) is 0 Å². The number of nitrogens with one attached hydrogen (secondary N) is 1. The van der Waals surface area contributed by atoms with Gasteiger partial charge in [-0.1, -0.05) is 6.92 Å². The van der Waals surface area contributed by atoms with Crippen LogP contribution in [0.5, 0.6) is 0 Å². The van der Waals surface area contributed by atoms with Crippen molar-refractivity contribution >= 4 is 10.2 Å². The maximum atomic E-state index is 11.2. The number of rotatable bonds is 4. The van der Waals surface area contributed by atoms with Crippen molar-refractivity contribution in [1.29, 1.82) is 0 Å². The maximum absolute atomic E-state index is 11.2. The summed E-state index contributed by atoms with van der Waals surface area (Å²) >= 11 is 0. The van der Waals surface area contributed by atoms with Gasteiger partial charge in [-0.2, -0.15) is 17.4 Å². The first-order valence-corrected chi connectivity index (χ1v) is 5.07. The molecule has 11 heavy (non-hydrogen) atoms. The molecule has 68 valence electrons. The summed E-state index contributed by atoms with van der Waals surface area (Å²) in [6.07, 6.45) is 0. The minimum Gasteiger partial charge on any atom is -0.200 e. The van der Waals surface area contributed by atoms with Gasteiger partial charge in [0.1, 0.15) is 0 Å². The Balaban J connectivity index is 4.23. The SMILES string of the molecule is CCN(C)S(=O)(=O)NC(C)C. The zero-order valence-electron chi connectivity index (χ0n) is 7.46. The summed E-state index contributed by atoms with van der Waals surface area (Å²) in [6, 6.07) is -0.0472. The monoisotopic (exact) mass is 180 g/mol. The number of hydrogen-bond donors (Lipinski definition) is 1. The van der Waals surface area contributed by atoms with Crippen molar-refractivity contribution in [3.63, 3.8) is 0 Å². The fourth-order valence-corrected chi connectivity index (χ4v) is 1.67. The quantitative estimate of drug-likeness (QED) is 0.671. The highest BCUT2D eigenvalue weighted by molar-refractivity contribution is 7.87. The van der Waals surface area contributed by atoms with Crippen molar-refractivity contribution < 1.29 is 8.42 Å².